The molecule has 0 spiro atoms. The van der Waals surface area contributed by atoms with Gasteiger partial charge in [-0.3, -0.25) is 0 Å². The van der Waals surface area contributed by atoms with E-state index in [0.717, 1.165) is 21.5 Å². The molecule has 0 aliphatic carbocycles. The van der Waals surface area contributed by atoms with Gasteiger partial charge in [-0.15, -0.1) is 11.3 Å². The first kappa shape index (κ1) is 16.6. The lowest BCUT2D eigenvalue weighted by molar-refractivity contribution is 0.577. The highest BCUT2D eigenvalue weighted by molar-refractivity contribution is 9.10. The molecule has 8 heteroatoms. The highest BCUT2D eigenvalue weighted by Crippen LogP contribution is 2.22. The average Bonchev–Trinajstić information content (AvgIpc) is 2.89. The molecule has 0 aromatic carbocycles. The van der Waals surface area contributed by atoms with Crippen LogP contribution in [0.2, 0.25) is 0 Å². The van der Waals surface area contributed by atoms with Crippen molar-refractivity contribution in [3.8, 4) is 0 Å². The van der Waals surface area contributed by atoms with E-state index in [1.807, 2.05) is 18.4 Å². The fourth-order valence-electron chi connectivity index (χ4n) is 1.63. The second-order valence-electron chi connectivity index (χ2n) is 4.30. The summed E-state index contributed by atoms with van der Waals surface area (Å²) in [6, 6.07) is 5.19. The topological polar surface area (TPSA) is 71.1 Å². The first-order chi connectivity index (χ1) is 10.0. The van der Waals surface area contributed by atoms with Gasteiger partial charge in [0.2, 0.25) is 0 Å². The molecule has 2 rings (SSSR count). The van der Waals surface area contributed by atoms with Gasteiger partial charge >= 0.3 is 0 Å². The standard InChI is InChI=1S/C13H16BrN3O2S2/c1-2-15-7-10-3-4-13(16-8-10)21(18,19)17-9-12-11(14)5-6-20-12/h3-6,8,15,17H,2,7,9H2,1H3. The Balaban J connectivity index is 2.03. The van der Waals surface area contributed by atoms with Crippen molar-refractivity contribution in [3.05, 3.63) is 44.7 Å². The minimum atomic E-state index is -3.59. The van der Waals surface area contributed by atoms with Crippen LogP contribution in [-0.2, 0) is 23.1 Å². The Hall–Kier alpha value is -0.800. The molecule has 0 saturated heterocycles. The van der Waals surface area contributed by atoms with Gasteiger partial charge in [-0.25, -0.2) is 18.1 Å². The molecule has 2 heterocycles. The zero-order chi connectivity index (χ0) is 15.3. The van der Waals surface area contributed by atoms with Gasteiger partial charge in [0.15, 0.2) is 5.03 Å². The predicted octanol–water partition coefficient (Wildman–Crippen LogP) is 2.49. The normalized spacial score (nSPS) is 11.7. The van der Waals surface area contributed by atoms with E-state index < -0.39 is 10.0 Å². The third-order valence-corrected chi connectivity index (χ3v) is 6.01. The van der Waals surface area contributed by atoms with Crippen molar-refractivity contribution in [1.29, 1.82) is 0 Å². The first-order valence-electron chi connectivity index (χ1n) is 6.40. The second kappa shape index (κ2) is 7.46. The molecule has 0 aliphatic rings. The SMILES string of the molecule is CCNCc1ccc(S(=O)(=O)NCc2sccc2Br)nc1. The molecule has 2 N–H and O–H groups in total. The summed E-state index contributed by atoms with van der Waals surface area (Å²) in [7, 11) is -3.59. The molecular formula is C13H16BrN3O2S2. The van der Waals surface area contributed by atoms with Crippen LogP contribution in [0.5, 0.6) is 0 Å². The van der Waals surface area contributed by atoms with Crippen molar-refractivity contribution < 1.29 is 8.42 Å². The second-order valence-corrected chi connectivity index (χ2v) is 7.87. The Bertz CT molecular complexity index is 684. The lowest BCUT2D eigenvalue weighted by Gasteiger charge is -2.07. The number of hydrogen-bond donors (Lipinski definition) is 2. The van der Waals surface area contributed by atoms with Crippen LogP contribution in [0.25, 0.3) is 0 Å². The summed E-state index contributed by atoms with van der Waals surface area (Å²) in [4.78, 5) is 4.96. The van der Waals surface area contributed by atoms with E-state index >= 15 is 0 Å². The van der Waals surface area contributed by atoms with Crippen molar-refractivity contribution in [2.45, 2.75) is 25.0 Å². The zero-order valence-electron chi connectivity index (χ0n) is 11.5. The molecule has 2 aromatic heterocycles. The highest BCUT2D eigenvalue weighted by atomic mass is 79.9. The maximum absolute atomic E-state index is 12.2. The molecule has 5 nitrogen and oxygen atoms in total. The van der Waals surface area contributed by atoms with E-state index in [9.17, 15) is 8.42 Å². The molecule has 0 amide bonds. The molecule has 0 radical (unpaired) electrons. The lowest BCUT2D eigenvalue weighted by Crippen LogP contribution is -2.24. The number of nitrogens with one attached hydrogen (secondary N) is 2. The monoisotopic (exact) mass is 389 g/mol. The van der Waals surface area contributed by atoms with Crippen LogP contribution in [0, 0.1) is 0 Å². The minimum Gasteiger partial charge on any atom is -0.313 e. The number of pyridine rings is 1. The van der Waals surface area contributed by atoms with Gasteiger partial charge in [-0.05, 0) is 45.6 Å². The number of thiophene rings is 1. The minimum absolute atomic E-state index is 0.0374. The van der Waals surface area contributed by atoms with Crippen molar-refractivity contribution in [3.63, 3.8) is 0 Å². The number of halogens is 1. The maximum atomic E-state index is 12.2. The number of sulfonamides is 1. The van der Waals surface area contributed by atoms with Crippen LogP contribution in [0.4, 0.5) is 0 Å². The molecule has 114 valence electrons. The Morgan fingerprint density at radius 1 is 1.29 bits per heavy atom. The molecule has 0 bridgehead atoms. The first-order valence-corrected chi connectivity index (χ1v) is 9.55. The van der Waals surface area contributed by atoms with E-state index in [4.69, 9.17) is 0 Å². The van der Waals surface area contributed by atoms with Crippen molar-refractivity contribution >= 4 is 37.3 Å². The Labute approximate surface area is 137 Å². The van der Waals surface area contributed by atoms with Crippen LogP contribution < -0.4 is 10.0 Å². The van der Waals surface area contributed by atoms with Gasteiger partial charge in [0.1, 0.15) is 0 Å². The summed E-state index contributed by atoms with van der Waals surface area (Å²) in [5.74, 6) is 0. The van der Waals surface area contributed by atoms with E-state index in [0.29, 0.717) is 6.54 Å². The number of hydrogen-bond acceptors (Lipinski definition) is 5. The van der Waals surface area contributed by atoms with Gasteiger partial charge in [0, 0.05) is 28.6 Å². The average molecular weight is 390 g/mol. The molecular weight excluding hydrogens is 374 g/mol. The Morgan fingerprint density at radius 3 is 2.67 bits per heavy atom. The molecule has 0 fully saturated rings. The molecule has 0 aliphatic heterocycles. The van der Waals surface area contributed by atoms with Crippen molar-refractivity contribution in [2.75, 3.05) is 6.54 Å². The quantitative estimate of drug-likeness (QED) is 0.762. The molecule has 0 unspecified atom stereocenters. The highest BCUT2D eigenvalue weighted by Gasteiger charge is 2.16. The summed E-state index contributed by atoms with van der Waals surface area (Å²) < 4.78 is 27.8. The smallest absolute Gasteiger partial charge is 0.258 e. The summed E-state index contributed by atoms with van der Waals surface area (Å²) >= 11 is 4.87. The summed E-state index contributed by atoms with van der Waals surface area (Å²) in [6.07, 6.45) is 1.58. The van der Waals surface area contributed by atoms with Crippen molar-refractivity contribution in [1.82, 2.24) is 15.0 Å². The fraction of sp³-hybridized carbons (Fsp3) is 0.308. The largest absolute Gasteiger partial charge is 0.313 e. The predicted molar refractivity (Wildman–Crippen MR) is 87.7 cm³/mol. The Morgan fingerprint density at radius 2 is 2.10 bits per heavy atom. The Kier molecular flexibility index (Phi) is 5.88. The van der Waals surface area contributed by atoms with Gasteiger partial charge in [-0.2, -0.15) is 0 Å². The molecule has 2 aromatic rings. The molecule has 0 atom stereocenters. The van der Waals surface area contributed by atoms with E-state index in [2.05, 4.69) is 31.0 Å². The van der Waals surface area contributed by atoms with Crippen LogP contribution in [-0.4, -0.2) is 19.9 Å². The van der Waals surface area contributed by atoms with Gasteiger partial charge < -0.3 is 5.32 Å². The van der Waals surface area contributed by atoms with Crippen LogP contribution >= 0.6 is 27.3 Å². The van der Waals surface area contributed by atoms with Crippen LogP contribution in [0.15, 0.2) is 39.3 Å². The summed E-state index contributed by atoms with van der Waals surface area (Å²) in [6.45, 7) is 3.80. The summed E-state index contributed by atoms with van der Waals surface area (Å²) in [5, 5.41) is 5.11. The summed E-state index contributed by atoms with van der Waals surface area (Å²) in [5.41, 5.74) is 0.955. The van der Waals surface area contributed by atoms with Crippen LogP contribution in [0.1, 0.15) is 17.4 Å². The third kappa shape index (κ3) is 4.58. The van der Waals surface area contributed by atoms with Crippen LogP contribution in [0.3, 0.4) is 0 Å². The number of rotatable bonds is 7. The fourth-order valence-corrected chi connectivity index (χ4v) is 4.07. The van der Waals surface area contributed by atoms with Gasteiger partial charge in [0.25, 0.3) is 10.0 Å². The maximum Gasteiger partial charge on any atom is 0.258 e. The lowest BCUT2D eigenvalue weighted by atomic mass is 10.3. The number of aromatic nitrogens is 1. The zero-order valence-corrected chi connectivity index (χ0v) is 14.7. The van der Waals surface area contributed by atoms with Gasteiger partial charge in [0.05, 0.1) is 0 Å². The third-order valence-electron chi connectivity index (χ3n) is 2.77. The van der Waals surface area contributed by atoms with E-state index in [1.54, 1.807) is 12.3 Å². The van der Waals surface area contributed by atoms with E-state index in [1.165, 1.54) is 17.4 Å². The van der Waals surface area contributed by atoms with E-state index in [-0.39, 0.29) is 11.6 Å². The van der Waals surface area contributed by atoms with Crippen molar-refractivity contribution in [2.24, 2.45) is 0 Å². The van der Waals surface area contributed by atoms with Gasteiger partial charge in [-0.1, -0.05) is 13.0 Å². The number of nitrogens with zero attached hydrogens (tertiary/aromatic N) is 1. The molecule has 21 heavy (non-hydrogen) atoms. The molecule has 0 saturated carbocycles.